The topological polar surface area (TPSA) is 57.3 Å². The van der Waals surface area contributed by atoms with Crippen molar-refractivity contribution in [2.75, 3.05) is 39.3 Å². The highest BCUT2D eigenvalue weighted by molar-refractivity contribution is 7.13. The van der Waals surface area contributed by atoms with Crippen LogP contribution in [-0.4, -0.2) is 55.1 Å². The van der Waals surface area contributed by atoms with Gasteiger partial charge in [0.25, 0.3) is 5.91 Å². The zero-order valence-corrected chi connectivity index (χ0v) is 16.6. The Bertz CT molecular complexity index is 674. The van der Waals surface area contributed by atoms with Crippen molar-refractivity contribution in [2.45, 2.75) is 6.92 Å². The summed E-state index contributed by atoms with van der Waals surface area (Å²) in [5.74, 6) is -0.0183. The molecule has 2 aromatic rings. The fourth-order valence-electron chi connectivity index (χ4n) is 2.64. The molecule has 1 saturated heterocycles. The van der Waals surface area contributed by atoms with Crippen molar-refractivity contribution >= 4 is 42.1 Å². The minimum Gasteiger partial charge on any atom is -0.351 e. The first-order valence-corrected chi connectivity index (χ1v) is 8.84. The Morgan fingerprint density at radius 3 is 2.76 bits per heavy atom. The third kappa shape index (κ3) is 6.24. The number of amides is 1. The van der Waals surface area contributed by atoms with Gasteiger partial charge in [0.05, 0.1) is 0 Å². The summed E-state index contributed by atoms with van der Waals surface area (Å²) in [5.41, 5.74) is 2.70. The molecule has 1 aliphatic rings. The number of carbonyl (C=O) groups excluding carboxylic acids is 1. The van der Waals surface area contributed by atoms with Gasteiger partial charge in [0.2, 0.25) is 0 Å². The molecule has 0 radical (unpaired) electrons. The van der Waals surface area contributed by atoms with Gasteiger partial charge in [0, 0.05) is 61.5 Å². The Kier molecular flexibility index (Phi) is 9.38. The van der Waals surface area contributed by atoms with E-state index in [2.05, 4.69) is 20.5 Å². The zero-order chi connectivity index (χ0) is 16.1. The lowest BCUT2D eigenvalue weighted by Crippen LogP contribution is -2.46. The van der Waals surface area contributed by atoms with Crippen LogP contribution in [0.3, 0.4) is 0 Å². The molecule has 1 amide bonds. The lowest BCUT2D eigenvalue weighted by molar-refractivity contribution is 0.0947. The van der Waals surface area contributed by atoms with Crippen LogP contribution in [0.25, 0.3) is 10.6 Å². The second-order valence-electron chi connectivity index (χ2n) is 5.72. The van der Waals surface area contributed by atoms with E-state index < -0.39 is 0 Å². The molecule has 8 heteroatoms. The molecule has 2 heterocycles. The van der Waals surface area contributed by atoms with E-state index in [0.29, 0.717) is 12.1 Å². The minimum absolute atomic E-state index is 0. The normalized spacial score (nSPS) is 14.3. The Morgan fingerprint density at radius 2 is 2.08 bits per heavy atom. The van der Waals surface area contributed by atoms with Crippen molar-refractivity contribution in [3.8, 4) is 10.6 Å². The van der Waals surface area contributed by atoms with E-state index in [0.717, 1.165) is 49.0 Å². The summed E-state index contributed by atoms with van der Waals surface area (Å²) in [4.78, 5) is 19.2. The van der Waals surface area contributed by atoms with Crippen LogP contribution in [0.4, 0.5) is 0 Å². The van der Waals surface area contributed by atoms with E-state index in [1.807, 2.05) is 36.6 Å². The number of nitrogens with zero attached hydrogens (tertiary/aromatic N) is 2. The first-order valence-electron chi connectivity index (χ1n) is 7.96. The molecule has 0 spiro atoms. The van der Waals surface area contributed by atoms with E-state index in [-0.39, 0.29) is 30.7 Å². The Hall–Kier alpha value is -1.18. The van der Waals surface area contributed by atoms with Crippen LogP contribution in [0.15, 0.2) is 29.6 Å². The highest BCUT2D eigenvalue weighted by Gasteiger charge is 2.11. The molecule has 0 atom stereocenters. The van der Waals surface area contributed by atoms with Crippen LogP contribution < -0.4 is 10.6 Å². The fourth-order valence-corrected chi connectivity index (χ4v) is 3.44. The predicted molar refractivity (Wildman–Crippen MR) is 108 cm³/mol. The Balaban J connectivity index is 0.00000156. The maximum atomic E-state index is 12.3. The highest BCUT2D eigenvalue weighted by Crippen LogP contribution is 2.24. The molecule has 0 unspecified atom stereocenters. The average molecular weight is 403 g/mol. The van der Waals surface area contributed by atoms with E-state index in [1.165, 1.54) is 0 Å². The maximum Gasteiger partial charge on any atom is 0.251 e. The van der Waals surface area contributed by atoms with Crippen LogP contribution >= 0.6 is 36.2 Å². The van der Waals surface area contributed by atoms with Crippen molar-refractivity contribution < 1.29 is 4.79 Å². The second kappa shape index (κ2) is 10.7. The first kappa shape index (κ1) is 21.9. The molecule has 138 valence electrons. The highest BCUT2D eigenvalue weighted by atomic mass is 35.5. The van der Waals surface area contributed by atoms with Gasteiger partial charge in [-0.05, 0) is 19.1 Å². The Morgan fingerprint density at radius 1 is 1.32 bits per heavy atom. The van der Waals surface area contributed by atoms with Crippen molar-refractivity contribution in [1.82, 2.24) is 20.5 Å². The summed E-state index contributed by atoms with van der Waals surface area (Å²) in [5, 5.41) is 9.32. The third-order valence-corrected chi connectivity index (χ3v) is 4.92. The molecule has 1 fully saturated rings. The van der Waals surface area contributed by atoms with Crippen molar-refractivity contribution in [2.24, 2.45) is 0 Å². The summed E-state index contributed by atoms with van der Waals surface area (Å²) < 4.78 is 0. The van der Waals surface area contributed by atoms with Gasteiger partial charge in [-0.2, -0.15) is 0 Å². The molecule has 1 aromatic carbocycles. The van der Waals surface area contributed by atoms with Crippen molar-refractivity contribution in [3.63, 3.8) is 0 Å². The van der Waals surface area contributed by atoms with Crippen LogP contribution in [0, 0.1) is 6.92 Å². The lowest BCUT2D eigenvalue weighted by Gasteiger charge is -2.27. The summed E-state index contributed by atoms with van der Waals surface area (Å²) in [6, 6.07) is 7.68. The van der Waals surface area contributed by atoms with Crippen LogP contribution in [0.1, 0.15) is 16.1 Å². The molecule has 5 nitrogen and oxygen atoms in total. The molecule has 0 bridgehead atoms. The third-order valence-electron chi connectivity index (χ3n) is 3.91. The number of piperazine rings is 1. The van der Waals surface area contributed by atoms with E-state index >= 15 is 0 Å². The fraction of sp³-hybridized carbons (Fsp3) is 0.412. The van der Waals surface area contributed by atoms with Gasteiger partial charge in [-0.1, -0.05) is 12.1 Å². The summed E-state index contributed by atoms with van der Waals surface area (Å²) in [6.45, 7) is 7.72. The van der Waals surface area contributed by atoms with Gasteiger partial charge >= 0.3 is 0 Å². The summed E-state index contributed by atoms with van der Waals surface area (Å²) in [6.07, 6.45) is 0. The van der Waals surface area contributed by atoms with Crippen molar-refractivity contribution in [1.29, 1.82) is 0 Å². The number of nitrogens with one attached hydrogen (secondary N) is 2. The maximum absolute atomic E-state index is 12.3. The molecular formula is C17H24Cl2N4OS. The van der Waals surface area contributed by atoms with Crippen LogP contribution in [0.5, 0.6) is 0 Å². The van der Waals surface area contributed by atoms with Gasteiger partial charge in [0.15, 0.2) is 0 Å². The summed E-state index contributed by atoms with van der Waals surface area (Å²) >= 11 is 1.60. The first-order chi connectivity index (χ1) is 11.2. The molecular weight excluding hydrogens is 379 g/mol. The minimum atomic E-state index is -0.0183. The van der Waals surface area contributed by atoms with Gasteiger partial charge in [-0.3, -0.25) is 9.69 Å². The van der Waals surface area contributed by atoms with Crippen LogP contribution in [-0.2, 0) is 0 Å². The monoisotopic (exact) mass is 402 g/mol. The SMILES string of the molecule is Cc1csc(-c2cccc(C(=O)NCCN3CCNCC3)c2)n1.Cl.Cl. The molecule has 0 saturated carbocycles. The van der Waals surface area contributed by atoms with Gasteiger partial charge in [-0.25, -0.2) is 4.98 Å². The quantitative estimate of drug-likeness (QED) is 0.806. The molecule has 1 aromatic heterocycles. The number of halogens is 2. The van der Waals surface area contributed by atoms with Crippen molar-refractivity contribution in [3.05, 3.63) is 40.9 Å². The lowest BCUT2D eigenvalue weighted by atomic mass is 10.1. The Labute approximate surface area is 165 Å². The molecule has 3 rings (SSSR count). The number of hydrogen-bond donors (Lipinski definition) is 2. The van der Waals surface area contributed by atoms with Gasteiger partial charge in [-0.15, -0.1) is 36.2 Å². The van der Waals surface area contributed by atoms with E-state index in [9.17, 15) is 4.79 Å². The number of carbonyl (C=O) groups is 1. The van der Waals surface area contributed by atoms with E-state index in [1.54, 1.807) is 11.3 Å². The number of hydrogen-bond acceptors (Lipinski definition) is 5. The largest absolute Gasteiger partial charge is 0.351 e. The molecule has 0 aliphatic carbocycles. The van der Waals surface area contributed by atoms with Crippen LogP contribution in [0.2, 0.25) is 0 Å². The number of rotatable bonds is 5. The number of aromatic nitrogens is 1. The summed E-state index contributed by atoms with van der Waals surface area (Å²) in [7, 11) is 0. The smallest absolute Gasteiger partial charge is 0.251 e. The van der Waals surface area contributed by atoms with E-state index in [4.69, 9.17) is 0 Å². The number of aryl methyl sites for hydroxylation is 1. The molecule has 1 aliphatic heterocycles. The molecule has 25 heavy (non-hydrogen) atoms. The van der Waals surface area contributed by atoms with Gasteiger partial charge in [0.1, 0.15) is 5.01 Å². The number of thiazole rings is 1. The second-order valence-corrected chi connectivity index (χ2v) is 6.58. The average Bonchev–Trinajstić information content (AvgIpc) is 3.02. The number of benzene rings is 1. The standard InChI is InChI=1S/C17H22N4OS.2ClH/c1-13-12-23-17(20-13)15-4-2-3-14(11-15)16(22)19-7-10-21-8-5-18-6-9-21;;/h2-4,11-12,18H,5-10H2,1H3,(H,19,22);2*1H. The predicted octanol–water partition coefficient (Wildman–Crippen LogP) is 2.60. The molecule has 2 N–H and O–H groups in total. The van der Waals surface area contributed by atoms with Gasteiger partial charge < -0.3 is 10.6 Å². The zero-order valence-electron chi connectivity index (χ0n) is 14.2.